The number of rotatable bonds is 4. The molecule has 0 aliphatic heterocycles. The monoisotopic (exact) mass is 301 g/mol. The predicted molar refractivity (Wildman–Crippen MR) is 67.8 cm³/mol. The molecular formula is C14H11F4NO2. The van der Waals surface area contributed by atoms with Crippen LogP contribution in [0.4, 0.5) is 17.6 Å². The third-order valence-corrected chi connectivity index (χ3v) is 2.79. The molecule has 7 heteroatoms. The second-order valence-electron chi connectivity index (χ2n) is 4.04. The summed E-state index contributed by atoms with van der Waals surface area (Å²) < 4.78 is 60.7. The summed E-state index contributed by atoms with van der Waals surface area (Å²) >= 11 is 0. The molecule has 0 atom stereocenters. The van der Waals surface area contributed by atoms with Gasteiger partial charge in [0.25, 0.3) is 0 Å². The van der Waals surface area contributed by atoms with Crippen LogP contribution in [0.5, 0.6) is 11.5 Å². The van der Waals surface area contributed by atoms with E-state index < -0.39 is 18.6 Å². The van der Waals surface area contributed by atoms with Crippen LogP contribution in [0.1, 0.15) is 5.56 Å². The number of halogens is 4. The Hall–Kier alpha value is -2.31. The molecule has 0 aliphatic rings. The molecule has 112 valence electrons. The van der Waals surface area contributed by atoms with Crippen molar-refractivity contribution in [2.45, 2.75) is 6.18 Å². The first-order valence-corrected chi connectivity index (χ1v) is 5.85. The van der Waals surface area contributed by atoms with Crippen molar-refractivity contribution in [2.24, 2.45) is 0 Å². The topological polar surface area (TPSA) is 31.4 Å². The lowest BCUT2D eigenvalue weighted by molar-refractivity contribution is -0.138. The van der Waals surface area contributed by atoms with Gasteiger partial charge in [-0.3, -0.25) is 4.98 Å². The molecule has 2 rings (SSSR count). The van der Waals surface area contributed by atoms with Crippen molar-refractivity contribution in [3.8, 4) is 22.6 Å². The Morgan fingerprint density at radius 3 is 2.48 bits per heavy atom. The first-order chi connectivity index (χ1) is 9.97. The van der Waals surface area contributed by atoms with Gasteiger partial charge in [-0.25, -0.2) is 4.39 Å². The lowest BCUT2D eigenvalue weighted by Crippen LogP contribution is -2.09. The Morgan fingerprint density at radius 1 is 1.19 bits per heavy atom. The Kier molecular flexibility index (Phi) is 4.30. The van der Waals surface area contributed by atoms with Crippen LogP contribution >= 0.6 is 0 Å². The SMILES string of the molecule is COc1cc(-c2cccnc2)c(OCF)cc1C(F)(F)F. The van der Waals surface area contributed by atoms with Crippen LogP contribution in [-0.4, -0.2) is 19.0 Å². The van der Waals surface area contributed by atoms with Crippen molar-refractivity contribution in [1.29, 1.82) is 0 Å². The average Bonchev–Trinajstić information content (AvgIpc) is 2.47. The van der Waals surface area contributed by atoms with Gasteiger partial charge in [0.05, 0.1) is 7.11 Å². The van der Waals surface area contributed by atoms with Crippen molar-refractivity contribution in [2.75, 3.05) is 14.0 Å². The summed E-state index contributed by atoms with van der Waals surface area (Å²) in [6.45, 7) is -1.24. The zero-order chi connectivity index (χ0) is 15.5. The molecule has 1 aromatic heterocycles. The molecule has 0 fully saturated rings. The van der Waals surface area contributed by atoms with Crippen molar-refractivity contribution in [3.05, 3.63) is 42.2 Å². The first kappa shape index (κ1) is 15.1. The van der Waals surface area contributed by atoms with Gasteiger partial charge in [0, 0.05) is 23.5 Å². The normalized spacial score (nSPS) is 11.3. The van der Waals surface area contributed by atoms with Crippen molar-refractivity contribution < 1.29 is 27.0 Å². The van der Waals surface area contributed by atoms with Gasteiger partial charge >= 0.3 is 6.18 Å². The summed E-state index contributed by atoms with van der Waals surface area (Å²) in [6, 6.07) is 5.12. The molecule has 3 nitrogen and oxygen atoms in total. The van der Waals surface area contributed by atoms with E-state index in [0.717, 1.165) is 19.2 Å². The minimum Gasteiger partial charge on any atom is -0.496 e. The highest BCUT2D eigenvalue weighted by Crippen LogP contribution is 2.43. The van der Waals surface area contributed by atoms with Gasteiger partial charge in [0.1, 0.15) is 17.1 Å². The molecule has 0 amide bonds. The van der Waals surface area contributed by atoms with Crippen LogP contribution in [-0.2, 0) is 6.18 Å². The van der Waals surface area contributed by atoms with E-state index in [2.05, 4.69) is 9.72 Å². The minimum atomic E-state index is -4.63. The number of ether oxygens (including phenoxy) is 2. The van der Waals surface area contributed by atoms with E-state index in [4.69, 9.17) is 4.74 Å². The molecule has 21 heavy (non-hydrogen) atoms. The third-order valence-electron chi connectivity index (χ3n) is 2.79. The highest BCUT2D eigenvalue weighted by molar-refractivity contribution is 5.72. The molecule has 0 radical (unpaired) electrons. The number of benzene rings is 1. The molecule has 1 heterocycles. The van der Waals surface area contributed by atoms with E-state index in [9.17, 15) is 17.6 Å². The number of pyridine rings is 1. The van der Waals surface area contributed by atoms with Crippen LogP contribution in [0, 0.1) is 0 Å². The van der Waals surface area contributed by atoms with Gasteiger partial charge in [-0.1, -0.05) is 6.07 Å². The van der Waals surface area contributed by atoms with E-state index >= 15 is 0 Å². The maximum atomic E-state index is 12.9. The quantitative estimate of drug-likeness (QED) is 0.797. The minimum absolute atomic E-state index is 0.223. The molecule has 0 bridgehead atoms. The predicted octanol–water partition coefficient (Wildman–Crippen LogP) is 4.08. The van der Waals surface area contributed by atoms with Crippen LogP contribution in [0.3, 0.4) is 0 Å². The zero-order valence-electron chi connectivity index (χ0n) is 10.9. The van der Waals surface area contributed by atoms with Gasteiger partial charge < -0.3 is 9.47 Å². The number of nitrogens with zero attached hydrogens (tertiary/aromatic N) is 1. The highest BCUT2D eigenvalue weighted by Gasteiger charge is 2.35. The number of aromatic nitrogens is 1. The van der Waals surface area contributed by atoms with Crippen LogP contribution in [0.25, 0.3) is 11.1 Å². The summed E-state index contributed by atoms with van der Waals surface area (Å²) in [5.74, 6) is -0.591. The smallest absolute Gasteiger partial charge is 0.420 e. The van der Waals surface area contributed by atoms with E-state index in [1.165, 1.54) is 12.4 Å². The molecule has 0 saturated carbocycles. The number of hydrogen-bond acceptors (Lipinski definition) is 3. The van der Waals surface area contributed by atoms with E-state index in [1.807, 2.05) is 0 Å². The van der Waals surface area contributed by atoms with Crippen molar-refractivity contribution in [3.63, 3.8) is 0 Å². The largest absolute Gasteiger partial charge is 0.496 e. The van der Waals surface area contributed by atoms with Crippen LogP contribution in [0.15, 0.2) is 36.7 Å². The summed E-state index contributed by atoms with van der Waals surface area (Å²) in [5, 5.41) is 0. The van der Waals surface area contributed by atoms with Gasteiger partial charge in [0.15, 0.2) is 0 Å². The second kappa shape index (κ2) is 5.99. The highest BCUT2D eigenvalue weighted by atomic mass is 19.4. The van der Waals surface area contributed by atoms with Crippen molar-refractivity contribution in [1.82, 2.24) is 4.98 Å². The van der Waals surface area contributed by atoms with Crippen LogP contribution < -0.4 is 9.47 Å². The van der Waals surface area contributed by atoms with Gasteiger partial charge in [-0.15, -0.1) is 0 Å². The molecule has 0 aliphatic carbocycles. The standard InChI is InChI=1S/C14H11F4NO2/c1-20-13-5-10(9-3-2-4-19-7-9)12(21-8-15)6-11(13)14(16,17)18/h2-7H,8H2,1H3. The van der Waals surface area contributed by atoms with Crippen LogP contribution in [0.2, 0.25) is 0 Å². The number of alkyl halides is 4. The van der Waals surface area contributed by atoms with E-state index in [0.29, 0.717) is 5.56 Å². The molecule has 0 saturated heterocycles. The fourth-order valence-electron chi connectivity index (χ4n) is 1.88. The molecule has 0 spiro atoms. The number of hydrogen-bond donors (Lipinski definition) is 0. The van der Waals surface area contributed by atoms with Crippen molar-refractivity contribution >= 4 is 0 Å². The molecule has 2 aromatic rings. The maximum absolute atomic E-state index is 12.9. The first-order valence-electron chi connectivity index (χ1n) is 5.85. The summed E-state index contributed by atoms with van der Waals surface area (Å²) in [7, 11) is 1.13. The Balaban J connectivity index is 2.65. The van der Waals surface area contributed by atoms with E-state index in [1.54, 1.807) is 12.1 Å². The van der Waals surface area contributed by atoms with Gasteiger partial charge in [-0.05, 0) is 18.2 Å². The lowest BCUT2D eigenvalue weighted by atomic mass is 10.0. The summed E-state index contributed by atoms with van der Waals surface area (Å²) in [6.07, 6.45) is -1.68. The zero-order valence-corrected chi connectivity index (χ0v) is 10.9. The fraction of sp³-hybridized carbons (Fsp3) is 0.214. The molecular weight excluding hydrogens is 290 g/mol. The van der Waals surface area contributed by atoms with E-state index in [-0.39, 0.29) is 17.1 Å². The fourth-order valence-corrected chi connectivity index (χ4v) is 1.88. The molecule has 1 aromatic carbocycles. The Morgan fingerprint density at radius 2 is 1.95 bits per heavy atom. The maximum Gasteiger partial charge on any atom is 0.420 e. The summed E-state index contributed by atoms with van der Waals surface area (Å²) in [4.78, 5) is 3.88. The molecule has 0 unspecified atom stereocenters. The van der Waals surface area contributed by atoms with Gasteiger partial charge in [0.2, 0.25) is 6.86 Å². The summed E-state index contributed by atoms with van der Waals surface area (Å²) in [5.41, 5.74) is -0.264. The third kappa shape index (κ3) is 3.24. The molecule has 0 N–H and O–H groups in total. The number of methoxy groups -OCH3 is 1. The Labute approximate surface area is 118 Å². The average molecular weight is 301 g/mol. The van der Waals surface area contributed by atoms with Gasteiger partial charge in [-0.2, -0.15) is 13.2 Å². The Bertz CT molecular complexity index is 614. The lowest BCUT2D eigenvalue weighted by Gasteiger charge is -2.16. The second-order valence-corrected chi connectivity index (χ2v) is 4.04.